The molecule has 0 unspecified atom stereocenters. The maximum Gasteiger partial charge on any atom is 0.416 e. The molecule has 0 bridgehead atoms. The van der Waals surface area contributed by atoms with Crippen molar-refractivity contribution in [2.75, 3.05) is 26.7 Å². The lowest BCUT2D eigenvalue weighted by Crippen LogP contribution is -2.44. The van der Waals surface area contributed by atoms with Crippen LogP contribution in [0, 0.1) is 17.3 Å². The highest BCUT2D eigenvalue weighted by Gasteiger charge is 2.41. The van der Waals surface area contributed by atoms with Crippen molar-refractivity contribution in [1.29, 1.82) is 0 Å². The second-order valence-corrected chi connectivity index (χ2v) is 10.7. The number of pyridine rings is 1. The summed E-state index contributed by atoms with van der Waals surface area (Å²) in [6.45, 7) is 0.814. The first kappa shape index (κ1) is 31.4. The van der Waals surface area contributed by atoms with E-state index in [1.54, 1.807) is 19.4 Å². The quantitative estimate of drug-likeness (QED) is 0.221. The molecule has 0 amide bonds. The SMILES string of the molecule is COc1ccc2ncc(Cl)c(CCCC3(C(=O)O)CCN(CC#Cc4cc(C(F)(F)F)cc(C(F)(F)F)c4)CC3)c2c1. The number of aromatic nitrogens is 1. The first-order valence-electron chi connectivity index (χ1n) is 13.1. The molecular weight excluding hydrogens is 586 g/mol. The molecule has 1 aliphatic heterocycles. The molecule has 1 saturated heterocycles. The molecule has 1 N–H and O–H groups in total. The second kappa shape index (κ2) is 12.4. The number of halogens is 7. The molecule has 0 spiro atoms. The van der Waals surface area contributed by atoms with E-state index in [2.05, 4.69) is 16.8 Å². The Morgan fingerprint density at radius 1 is 1.07 bits per heavy atom. The van der Waals surface area contributed by atoms with E-state index in [1.165, 1.54) is 0 Å². The van der Waals surface area contributed by atoms with Gasteiger partial charge in [-0.2, -0.15) is 26.3 Å². The van der Waals surface area contributed by atoms with E-state index < -0.39 is 40.4 Å². The Labute approximate surface area is 243 Å². The zero-order valence-corrected chi connectivity index (χ0v) is 23.3. The summed E-state index contributed by atoms with van der Waals surface area (Å²) in [4.78, 5) is 18.5. The fourth-order valence-electron chi connectivity index (χ4n) is 5.18. The van der Waals surface area contributed by atoms with Crippen LogP contribution in [0.15, 0.2) is 42.6 Å². The van der Waals surface area contributed by atoms with E-state index in [9.17, 15) is 36.2 Å². The summed E-state index contributed by atoms with van der Waals surface area (Å²) in [6.07, 6.45) is -6.20. The van der Waals surface area contributed by atoms with E-state index in [-0.39, 0.29) is 12.6 Å². The number of likely N-dealkylation sites (tertiary alicyclic amines) is 1. The molecule has 0 atom stereocenters. The van der Waals surface area contributed by atoms with E-state index in [0.717, 1.165) is 16.5 Å². The smallest absolute Gasteiger partial charge is 0.416 e. The van der Waals surface area contributed by atoms with Crippen LogP contribution in [-0.4, -0.2) is 47.7 Å². The van der Waals surface area contributed by atoms with Gasteiger partial charge in [0.25, 0.3) is 0 Å². The third-order valence-corrected chi connectivity index (χ3v) is 7.93. The van der Waals surface area contributed by atoms with Gasteiger partial charge in [-0.1, -0.05) is 23.4 Å². The number of methoxy groups -OCH3 is 1. The van der Waals surface area contributed by atoms with Gasteiger partial charge in [0.15, 0.2) is 0 Å². The number of piperidine rings is 1. The standard InChI is InChI=1S/C30H27ClF6N2O3/c1-42-22-6-7-26-24(17-22)23(25(31)18-38-26)5-2-8-28(27(40)41)9-12-39(13-10-28)11-3-4-19-14-20(29(32,33)34)16-21(15-19)30(35,36)37/h6-7,14-18H,2,5,8-13H2,1H3,(H,40,41). The monoisotopic (exact) mass is 612 g/mol. The van der Waals surface area contributed by atoms with Gasteiger partial charge in [0, 0.05) is 30.2 Å². The van der Waals surface area contributed by atoms with Gasteiger partial charge in [-0.15, -0.1) is 0 Å². The number of hydrogen-bond acceptors (Lipinski definition) is 4. The lowest BCUT2D eigenvalue weighted by Gasteiger charge is -2.38. The topological polar surface area (TPSA) is 62.7 Å². The van der Waals surface area contributed by atoms with Crippen LogP contribution < -0.4 is 4.74 Å². The molecule has 224 valence electrons. The number of fused-ring (bicyclic) bond motifs is 1. The zero-order chi connectivity index (χ0) is 30.7. The van der Waals surface area contributed by atoms with Crippen molar-refractivity contribution in [3.63, 3.8) is 0 Å². The van der Waals surface area contributed by atoms with Crippen LogP contribution in [0.5, 0.6) is 5.75 Å². The Morgan fingerprint density at radius 2 is 1.71 bits per heavy atom. The van der Waals surface area contributed by atoms with Crippen LogP contribution in [0.3, 0.4) is 0 Å². The molecule has 5 nitrogen and oxygen atoms in total. The summed E-state index contributed by atoms with van der Waals surface area (Å²) >= 11 is 6.44. The number of aliphatic carboxylic acids is 1. The second-order valence-electron chi connectivity index (χ2n) is 10.3. The largest absolute Gasteiger partial charge is 0.497 e. The fourth-order valence-corrected chi connectivity index (χ4v) is 5.42. The Hall–Kier alpha value is -3.49. The molecule has 1 aliphatic rings. The molecule has 3 aromatic rings. The molecule has 2 aromatic carbocycles. The highest BCUT2D eigenvalue weighted by Crippen LogP contribution is 2.39. The molecule has 1 aromatic heterocycles. The normalized spacial score (nSPS) is 15.7. The predicted octanol–water partition coefficient (Wildman–Crippen LogP) is 7.48. The summed E-state index contributed by atoms with van der Waals surface area (Å²) in [5, 5.41) is 11.4. The third-order valence-electron chi connectivity index (χ3n) is 7.61. The van der Waals surface area contributed by atoms with Crippen LogP contribution in [-0.2, 0) is 23.6 Å². The fraction of sp³-hybridized carbons (Fsp3) is 0.400. The van der Waals surface area contributed by atoms with E-state index in [0.29, 0.717) is 68.1 Å². The third kappa shape index (κ3) is 7.28. The maximum absolute atomic E-state index is 13.1. The predicted molar refractivity (Wildman–Crippen MR) is 145 cm³/mol. The molecule has 0 aliphatic carbocycles. The molecule has 42 heavy (non-hydrogen) atoms. The highest BCUT2D eigenvalue weighted by atomic mass is 35.5. The van der Waals surface area contributed by atoms with Gasteiger partial charge in [0.2, 0.25) is 0 Å². The summed E-state index contributed by atoms with van der Waals surface area (Å²) in [5.41, 5.74) is -2.61. The van der Waals surface area contributed by atoms with Crippen molar-refractivity contribution in [3.8, 4) is 17.6 Å². The number of aryl methyl sites for hydroxylation is 1. The van der Waals surface area contributed by atoms with Gasteiger partial charge in [-0.05, 0) is 74.1 Å². The van der Waals surface area contributed by atoms with E-state index in [4.69, 9.17) is 16.3 Å². The Bertz CT molecular complexity index is 1490. The minimum Gasteiger partial charge on any atom is -0.497 e. The highest BCUT2D eigenvalue weighted by molar-refractivity contribution is 6.32. The van der Waals surface area contributed by atoms with Crippen molar-refractivity contribution < 1.29 is 41.0 Å². The Kier molecular flexibility index (Phi) is 9.28. The summed E-state index contributed by atoms with van der Waals surface area (Å²) in [6, 6.07) is 6.70. The molecular formula is C30H27ClF6N2O3. The summed E-state index contributed by atoms with van der Waals surface area (Å²) in [5.74, 6) is 4.79. The number of carboxylic acid groups (broad SMARTS) is 1. The molecule has 1 fully saturated rings. The number of alkyl halides is 6. The van der Waals surface area contributed by atoms with Gasteiger partial charge in [-0.3, -0.25) is 14.7 Å². The number of hydrogen-bond donors (Lipinski definition) is 1. The van der Waals surface area contributed by atoms with Crippen molar-refractivity contribution in [1.82, 2.24) is 9.88 Å². The number of nitrogens with zero attached hydrogens (tertiary/aromatic N) is 2. The zero-order valence-electron chi connectivity index (χ0n) is 22.5. The Balaban J connectivity index is 1.40. The summed E-state index contributed by atoms with van der Waals surface area (Å²) < 4.78 is 83.9. The van der Waals surface area contributed by atoms with Gasteiger partial charge < -0.3 is 9.84 Å². The van der Waals surface area contributed by atoms with E-state index in [1.807, 2.05) is 17.0 Å². The van der Waals surface area contributed by atoms with Gasteiger partial charge in [-0.25, -0.2) is 0 Å². The maximum atomic E-state index is 13.1. The minimum absolute atomic E-state index is 0.0588. The lowest BCUT2D eigenvalue weighted by atomic mass is 9.74. The van der Waals surface area contributed by atoms with Crippen LogP contribution in [0.4, 0.5) is 26.3 Å². The number of rotatable bonds is 7. The number of ether oxygens (including phenoxy) is 1. The molecule has 0 saturated carbocycles. The first-order chi connectivity index (χ1) is 19.7. The molecule has 2 heterocycles. The molecule has 4 rings (SSSR count). The van der Waals surface area contributed by atoms with Crippen molar-refractivity contribution in [2.45, 2.75) is 44.5 Å². The lowest BCUT2D eigenvalue weighted by molar-refractivity contribution is -0.152. The van der Waals surface area contributed by atoms with Crippen LogP contribution in [0.2, 0.25) is 5.02 Å². The molecule has 12 heteroatoms. The van der Waals surface area contributed by atoms with Crippen molar-refractivity contribution in [3.05, 3.63) is 69.9 Å². The minimum atomic E-state index is -4.95. The van der Waals surface area contributed by atoms with Crippen molar-refractivity contribution >= 4 is 28.5 Å². The molecule has 0 radical (unpaired) electrons. The number of carboxylic acids is 1. The van der Waals surface area contributed by atoms with Crippen LogP contribution in [0.25, 0.3) is 10.9 Å². The average molecular weight is 613 g/mol. The van der Waals surface area contributed by atoms with Crippen LogP contribution >= 0.6 is 11.6 Å². The van der Waals surface area contributed by atoms with Crippen LogP contribution in [0.1, 0.15) is 47.9 Å². The van der Waals surface area contributed by atoms with Gasteiger partial charge in [0.1, 0.15) is 5.75 Å². The van der Waals surface area contributed by atoms with E-state index >= 15 is 0 Å². The number of benzene rings is 2. The first-order valence-corrected chi connectivity index (χ1v) is 13.4. The van der Waals surface area contributed by atoms with Crippen molar-refractivity contribution in [2.24, 2.45) is 5.41 Å². The number of carbonyl (C=O) groups is 1. The average Bonchev–Trinajstić information content (AvgIpc) is 2.93. The van der Waals surface area contributed by atoms with Gasteiger partial charge >= 0.3 is 18.3 Å². The Morgan fingerprint density at radius 3 is 2.29 bits per heavy atom. The summed E-state index contributed by atoms with van der Waals surface area (Å²) in [7, 11) is 1.56. The van der Waals surface area contributed by atoms with Gasteiger partial charge in [0.05, 0.1) is 40.7 Å².